The van der Waals surface area contributed by atoms with Gasteiger partial charge in [-0.2, -0.15) is 18.3 Å². The zero-order valence-corrected chi connectivity index (χ0v) is 14.8. The number of rotatable bonds is 6. The van der Waals surface area contributed by atoms with Gasteiger partial charge < -0.3 is 15.1 Å². The summed E-state index contributed by atoms with van der Waals surface area (Å²) in [5.74, 6) is -1.51. The van der Waals surface area contributed by atoms with E-state index < -0.39 is 24.4 Å². The number of hydrogen-bond donors (Lipinski definition) is 2. The van der Waals surface area contributed by atoms with Crippen LogP contribution in [0, 0.1) is 0 Å². The number of nitrogens with one attached hydrogen (secondary N) is 2. The van der Waals surface area contributed by atoms with E-state index in [-0.39, 0.29) is 11.4 Å². The van der Waals surface area contributed by atoms with E-state index >= 15 is 0 Å². The molecule has 0 aliphatic carbocycles. The maximum Gasteiger partial charge on any atom is 0.397 e. The third kappa shape index (κ3) is 4.90. The van der Waals surface area contributed by atoms with Crippen molar-refractivity contribution < 1.29 is 27.2 Å². The Kier molecular flexibility index (Phi) is 5.39. The van der Waals surface area contributed by atoms with Gasteiger partial charge in [-0.3, -0.25) is 14.3 Å². The summed E-state index contributed by atoms with van der Waals surface area (Å²) in [5.41, 5.74) is 1.53. The van der Waals surface area contributed by atoms with Crippen LogP contribution in [-0.4, -0.2) is 34.3 Å². The van der Waals surface area contributed by atoms with Crippen molar-refractivity contribution in [2.24, 2.45) is 7.05 Å². The summed E-state index contributed by atoms with van der Waals surface area (Å²) in [5, 5.41) is 9.43. The second-order valence-corrected chi connectivity index (χ2v) is 6.16. The molecule has 3 rings (SSSR count). The van der Waals surface area contributed by atoms with Gasteiger partial charge in [-0.1, -0.05) is 0 Å². The van der Waals surface area contributed by atoms with Gasteiger partial charge in [-0.05, 0) is 30.3 Å². The summed E-state index contributed by atoms with van der Waals surface area (Å²) >= 11 is 0. The standard InChI is InChI=1S/C18H17F3N4O3/c1-25-13(5-7-23-25)4-6-22-17(27)15-9-11-8-12(2-3-14(11)28-15)24-16(26)10-18(19,20)21/h2-3,5,7-9H,4,6,10H2,1H3,(H,22,27)(H,24,26). The molecule has 0 unspecified atom stereocenters. The molecule has 2 amide bonds. The van der Waals surface area contributed by atoms with Crippen LogP contribution in [-0.2, 0) is 18.3 Å². The molecule has 7 nitrogen and oxygen atoms in total. The predicted octanol–water partition coefficient (Wildman–Crippen LogP) is 3.03. The Labute approximate surface area is 157 Å². The Hall–Kier alpha value is -3.30. The fourth-order valence-electron chi connectivity index (χ4n) is 2.66. The van der Waals surface area contributed by atoms with Crippen LogP contribution in [0.15, 0.2) is 40.9 Å². The van der Waals surface area contributed by atoms with Crippen LogP contribution < -0.4 is 10.6 Å². The molecule has 28 heavy (non-hydrogen) atoms. The molecule has 0 aliphatic heterocycles. The highest BCUT2D eigenvalue weighted by molar-refractivity contribution is 5.98. The fourth-order valence-corrected chi connectivity index (χ4v) is 2.66. The number of aryl methyl sites for hydroxylation is 1. The Balaban J connectivity index is 1.62. The van der Waals surface area contributed by atoms with Crippen LogP contribution >= 0.6 is 0 Å². The van der Waals surface area contributed by atoms with Crippen molar-refractivity contribution in [3.63, 3.8) is 0 Å². The molecule has 0 bridgehead atoms. The number of benzene rings is 1. The first-order valence-corrected chi connectivity index (χ1v) is 8.36. The molecule has 0 saturated heterocycles. The van der Waals surface area contributed by atoms with Crippen molar-refractivity contribution in [3.05, 3.63) is 48.0 Å². The topological polar surface area (TPSA) is 89.2 Å². The summed E-state index contributed by atoms with van der Waals surface area (Å²) in [6, 6.07) is 7.64. The van der Waals surface area contributed by atoms with Crippen molar-refractivity contribution in [2.45, 2.75) is 19.0 Å². The minimum atomic E-state index is -4.58. The normalized spacial score (nSPS) is 11.6. The molecular formula is C18H17F3N4O3. The summed E-state index contributed by atoms with van der Waals surface area (Å²) in [4.78, 5) is 23.6. The summed E-state index contributed by atoms with van der Waals surface area (Å²) < 4.78 is 43.9. The molecule has 2 N–H and O–H groups in total. The SMILES string of the molecule is Cn1nccc1CCNC(=O)c1cc2cc(NC(=O)CC(F)(F)F)ccc2o1. The maximum atomic E-state index is 12.2. The van der Waals surface area contributed by atoms with Gasteiger partial charge >= 0.3 is 6.18 Å². The van der Waals surface area contributed by atoms with Crippen LogP contribution in [0.1, 0.15) is 22.7 Å². The van der Waals surface area contributed by atoms with Gasteiger partial charge in [-0.25, -0.2) is 0 Å². The number of aromatic nitrogens is 2. The number of furan rings is 1. The number of carbonyl (C=O) groups excluding carboxylic acids is 2. The lowest BCUT2D eigenvalue weighted by molar-refractivity contribution is -0.150. The Morgan fingerprint density at radius 2 is 2.00 bits per heavy atom. The monoisotopic (exact) mass is 394 g/mol. The summed E-state index contributed by atoms with van der Waals surface area (Å²) in [6.07, 6.45) is -3.88. The molecule has 2 aromatic heterocycles. The Morgan fingerprint density at radius 1 is 1.21 bits per heavy atom. The quantitative estimate of drug-likeness (QED) is 0.673. The van der Waals surface area contributed by atoms with Crippen LogP contribution in [0.2, 0.25) is 0 Å². The van der Waals surface area contributed by atoms with Crippen LogP contribution in [0.4, 0.5) is 18.9 Å². The number of halogens is 3. The van der Waals surface area contributed by atoms with E-state index in [4.69, 9.17) is 4.42 Å². The molecule has 0 aliphatic rings. The molecule has 0 spiro atoms. The van der Waals surface area contributed by atoms with Gasteiger partial charge in [0.1, 0.15) is 12.0 Å². The molecule has 1 aromatic carbocycles. The molecular weight excluding hydrogens is 377 g/mol. The molecule has 0 radical (unpaired) electrons. The van der Waals surface area contributed by atoms with E-state index in [1.165, 1.54) is 24.3 Å². The molecule has 3 aromatic rings. The second kappa shape index (κ2) is 7.75. The Morgan fingerprint density at radius 3 is 2.68 bits per heavy atom. The highest BCUT2D eigenvalue weighted by Crippen LogP contribution is 2.25. The van der Waals surface area contributed by atoms with E-state index in [0.717, 1.165) is 5.69 Å². The van der Waals surface area contributed by atoms with Crippen molar-refractivity contribution >= 4 is 28.5 Å². The lowest BCUT2D eigenvalue weighted by Crippen LogP contribution is -2.25. The molecule has 0 atom stereocenters. The van der Waals surface area contributed by atoms with Crippen molar-refractivity contribution in [1.29, 1.82) is 0 Å². The fraction of sp³-hybridized carbons (Fsp3) is 0.278. The maximum absolute atomic E-state index is 12.2. The number of amides is 2. The lowest BCUT2D eigenvalue weighted by Gasteiger charge is -2.07. The van der Waals surface area contributed by atoms with Crippen molar-refractivity contribution in [3.8, 4) is 0 Å². The minimum Gasteiger partial charge on any atom is -0.451 e. The van der Waals surface area contributed by atoms with Crippen LogP contribution in [0.5, 0.6) is 0 Å². The third-order valence-corrected chi connectivity index (χ3v) is 3.97. The smallest absolute Gasteiger partial charge is 0.397 e. The molecule has 10 heteroatoms. The first-order valence-electron chi connectivity index (χ1n) is 8.36. The van der Waals surface area contributed by atoms with Gasteiger partial charge in [0.05, 0.1) is 0 Å². The number of nitrogens with zero attached hydrogens (tertiary/aromatic N) is 2. The number of hydrogen-bond acceptors (Lipinski definition) is 4. The Bertz CT molecular complexity index is 1010. The van der Waals surface area contributed by atoms with Crippen LogP contribution in [0.25, 0.3) is 11.0 Å². The van der Waals surface area contributed by atoms with Gasteiger partial charge in [0.15, 0.2) is 5.76 Å². The summed E-state index contributed by atoms with van der Waals surface area (Å²) in [7, 11) is 1.81. The first-order chi connectivity index (χ1) is 13.2. The van der Waals surface area contributed by atoms with E-state index in [2.05, 4.69) is 15.7 Å². The number of alkyl halides is 3. The minimum absolute atomic E-state index is 0.0683. The zero-order chi connectivity index (χ0) is 20.3. The van der Waals surface area contributed by atoms with Crippen LogP contribution in [0.3, 0.4) is 0 Å². The highest BCUT2D eigenvalue weighted by atomic mass is 19.4. The second-order valence-electron chi connectivity index (χ2n) is 6.16. The zero-order valence-electron chi connectivity index (χ0n) is 14.8. The largest absolute Gasteiger partial charge is 0.451 e. The van der Waals surface area contributed by atoms with Crippen molar-refractivity contribution in [2.75, 3.05) is 11.9 Å². The van der Waals surface area contributed by atoms with Gasteiger partial charge in [0.25, 0.3) is 5.91 Å². The van der Waals surface area contributed by atoms with Gasteiger partial charge in [0.2, 0.25) is 5.91 Å². The average molecular weight is 394 g/mol. The number of carbonyl (C=O) groups is 2. The summed E-state index contributed by atoms with van der Waals surface area (Å²) in [6.45, 7) is 0.383. The number of fused-ring (bicyclic) bond motifs is 1. The molecule has 0 fully saturated rings. The third-order valence-electron chi connectivity index (χ3n) is 3.97. The van der Waals surface area contributed by atoms with E-state index in [9.17, 15) is 22.8 Å². The average Bonchev–Trinajstić information content (AvgIpc) is 3.19. The molecule has 2 heterocycles. The van der Waals surface area contributed by atoms with Crippen molar-refractivity contribution in [1.82, 2.24) is 15.1 Å². The highest BCUT2D eigenvalue weighted by Gasteiger charge is 2.31. The molecule has 148 valence electrons. The van der Waals surface area contributed by atoms with E-state index in [0.29, 0.717) is 23.9 Å². The van der Waals surface area contributed by atoms with Gasteiger partial charge in [-0.15, -0.1) is 0 Å². The first kappa shape index (κ1) is 19.5. The predicted molar refractivity (Wildman–Crippen MR) is 94.8 cm³/mol. The van der Waals surface area contributed by atoms with E-state index in [1.807, 2.05) is 13.1 Å². The van der Waals surface area contributed by atoms with E-state index in [1.54, 1.807) is 10.9 Å². The number of anilines is 1. The lowest BCUT2D eigenvalue weighted by atomic mass is 10.2. The van der Waals surface area contributed by atoms with Gasteiger partial charge in [0, 0.05) is 43.0 Å². The molecule has 0 saturated carbocycles.